The van der Waals surface area contributed by atoms with E-state index in [-0.39, 0.29) is 17.5 Å². The first-order valence-corrected chi connectivity index (χ1v) is 6.06. The second kappa shape index (κ2) is 6.61. The second-order valence-corrected chi connectivity index (χ2v) is 4.36. The second-order valence-electron chi connectivity index (χ2n) is 4.36. The van der Waals surface area contributed by atoms with E-state index in [0.717, 1.165) is 17.5 Å². The lowest BCUT2D eigenvalue weighted by Gasteiger charge is -2.10. The first-order chi connectivity index (χ1) is 8.56. The number of rotatable bonds is 4. The lowest BCUT2D eigenvalue weighted by atomic mass is 10.1. The van der Waals surface area contributed by atoms with Gasteiger partial charge in [0.15, 0.2) is 0 Å². The molecule has 0 aromatic heterocycles. The van der Waals surface area contributed by atoms with Crippen molar-refractivity contribution in [2.24, 2.45) is 0 Å². The molecule has 0 radical (unpaired) electrons. The molecule has 0 fully saturated rings. The number of nitrogens with one attached hydrogen (secondary N) is 1. The van der Waals surface area contributed by atoms with Crippen molar-refractivity contribution in [3.8, 4) is 6.07 Å². The molecule has 1 N–H and O–H groups in total. The molecule has 0 spiro atoms. The molecular formula is C15H18N2O. The maximum Gasteiger partial charge on any atom is 0.262 e. The van der Waals surface area contributed by atoms with E-state index >= 15 is 0 Å². The standard InChI is InChI=1S/C15H18N2O/c1-4-12(3)17-15(18)14(10-16)9-13-7-5-11(2)6-8-13/h5-9,12H,4H2,1-3H3,(H,17,18)/b14-9+/t12-/m0/s1. The van der Waals surface area contributed by atoms with Gasteiger partial charge >= 0.3 is 0 Å². The number of nitriles is 1. The van der Waals surface area contributed by atoms with E-state index in [0.29, 0.717) is 0 Å². The van der Waals surface area contributed by atoms with E-state index in [1.54, 1.807) is 6.08 Å². The molecule has 1 amide bonds. The third-order valence-electron chi connectivity index (χ3n) is 2.74. The van der Waals surface area contributed by atoms with Gasteiger partial charge in [-0.15, -0.1) is 0 Å². The summed E-state index contributed by atoms with van der Waals surface area (Å²) in [6, 6.07) is 9.71. The Kier molecular flexibility index (Phi) is 5.13. The molecule has 3 nitrogen and oxygen atoms in total. The molecule has 1 aromatic rings. The van der Waals surface area contributed by atoms with Crippen molar-refractivity contribution in [2.75, 3.05) is 0 Å². The molecule has 0 bridgehead atoms. The highest BCUT2D eigenvalue weighted by Crippen LogP contribution is 2.08. The smallest absolute Gasteiger partial charge is 0.262 e. The Morgan fingerprint density at radius 1 is 1.44 bits per heavy atom. The lowest BCUT2D eigenvalue weighted by molar-refractivity contribution is -0.117. The van der Waals surface area contributed by atoms with Gasteiger partial charge < -0.3 is 5.32 Å². The Balaban J connectivity index is 2.86. The summed E-state index contributed by atoms with van der Waals surface area (Å²) in [5.74, 6) is -0.313. The summed E-state index contributed by atoms with van der Waals surface area (Å²) in [7, 11) is 0. The fourth-order valence-electron chi connectivity index (χ4n) is 1.38. The summed E-state index contributed by atoms with van der Waals surface area (Å²) in [4.78, 5) is 11.8. The summed E-state index contributed by atoms with van der Waals surface area (Å²) in [5, 5.41) is 11.8. The van der Waals surface area contributed by atoms with E-state index in [1.165, 1.54) is 0 Å². The van der Waals surface area contributed by atoms with Crippen LogP contribution in [0.5, 0.6) is 0 Å². The third-order valence-corrected chi connectivity index (χ3v) is 2.74. The van der Waals surface area contributed by atoms with Gasteiger partial charge in [0, 0.05) is 6.04 Å². The van der Waals surface area contributed by atoms with Crippen LogP contribution in [0.4, 0.5) is 0 Å². The molecule has 1 aromatic carbocycles. The van der Waals surface area contributed by atoms with Gasteiger partial charge in [-0.05, 0) is 31.9 Å². The molecule has 1 atom stereocenters. The summed E-state index contributed by atoms with van der Waals surface area (Å²) >= 11 is 0. The topological polar surface area (TPSA) is 52.9 Å². The summed E-state index contributed by atoms with van der Waals surface area (Å²) in [6.45, 7) is 5.90. The highest BCUT2D eigenvalue weighted by atomic mass is 16.1. The minimum absolute atomic E-state index is 0.0762. The maximum absolute atomic E-state index is 11.8. The highest BCUT2D eigenvalue weighted by molar-refractivity contribution is 6.01. The molecule has 0 heterocycles. The first kappa shape index (κ1) is 14.0. The SMILES string of the molecule is CC[C@H](C)NC(=O)/C(C#N)=C/c1ccc(C)cc1. The molecule has 0 aliphatic heterocycles. The maximum atomic E-state index is 11.8. The summed E-state index contributed by atoms with van der Waals surface area (Å²) in [6.07, 6.45) is 2.45. The molecule has 3 heteroatoms. The van der Waals surface area contributed by atoms with Crippen LogP contribution in [0.15, 0.2) is 29.8 Å². The van der Waals surface area contributed by atoms with Crippen molar-refractivity contribution in [1.29, 1.82) is 5.26 Å². The van der Waals surface area contributed by atoms with Gasteiger partial charge in [0.05, 0.1) is 0 Å². The number of benzene rings is 1. The van der Waals surface area contributed by atoms with E-state index < -0.39 is 0 Å². The molecule has 0 unspecified atom stereocenters. The van der Waals surface area contributed by atoms with Gasteiger partial charge in [0.1, 0.15) is 11.6 Å². The van der Waals surface area contributed by atoms with Gasteiger partial charge in [-0.3, -0.25) is 4.79 Å². The number of nitrogens with zero attached hydrogens (tertiary/aromatic N) is 1. The highest BCUT2D eigenvalue weighted by Gasteiger charge is 2.10. The van der Waals surface area contributed by atoms with Crippen LogP contribution in [0, 0.1) is 18.3 Å². The monoisotopic (exact) mass is 242 g/mol. The van der Waals surface area contributed by atoms with Gasteiger partial charge in [0.2, 0.25) is 0 Å². The van der Waals surface area contributed by atoms with Crippen LogP contribution >= 0.6 is 0 Å². The lowest BCUT2D eigenvalue weighted by Crippen LogP contribution is -2.32. The minimum Gasteiger partial charge on any atom is -0.349 e. The number of hydrogen-bond acceptors (Lipinski definition) is 2. The number of carbonyl (C=O) groups is 1. The largest absolute Gasteiger partial charge is 0.349 e. The zero-order chi connectivity index (χ0) is 13.5. The van der Waals surface area contributed by atoms with E-state index in [2.05, 4.69) is 5.32 Å². The fraction of sp³-hybridized carbons (Fsp3) is 0.333. The Morgan fingerprint density at radius 2 is 2.06 bits per heavy atom. The fourth-order valence-corrected chi connectivity index (χ4v) is 1.38. The Labute approximate surface area is 108 Å². The summed E-state index contributed by atoms with van der Waals surface area (Å²) < 4.78 is 0. The van der Waals surface area contributed by atoms with E-state index in [1.807, 2.05) is 51.1 Å². The first-order valence-electron chi connectivity index (χ1n) is 6.06. The quantitative estimate of drug-likeness (QED) is 0.652. The third kappa shape index (κ3) is 4.06. The number of amides is 1. The van der Waals surface area contributed by atoms with Crippen LogP contribution in [0.25, 0.3) is 6.08 Å². The van der Waals surface area contributed by atoms with Crippen LogP contribution in [0.1, 0.15) is 31.4 Å². The van der Waals surface area contributed by atoms with E-state index in [9.17, 15) is 4.79 Å². The van der Waals surface area contributed by atoms with Crippen molar-refractivity contribution in [2.45, 2.75) is 33.2 Å². The van der Waals surface area contributed by atoms with Crippen LogP contribution in [0.3, 0.4) is 0 Å². The van der Waals surface area contributed by atoms with Crippen molar-refractivity contribution in [3.05, 3.63) is 41.0 Å². The van der Waals surface area contributed by atoms with Crippen molar-refractivity contribution >= 4 is 12.0 Å². The van der Waals surface area contributed by atoms with Crippen molar-refractivity contribution in [3.63, 3.8) is 0 Å². The van der Waals surface area contributed by atoms with Gasteiger partial charge in [-0.1, -0.05) is 36.8 Å². The van der Waals surface area contributed by atoms with Crippen LogP contribution in [0.2, 0.25) is 0 Å². The zero-order valence-electron chi connectivity index (χ0n) is 11.0. The summed E-state index contributed by atoms with van der Waals surface area (Å²) in [5.41, 5.74) is 2.14. The van der Waals surface area contributed by atoms with Gasteiger partial charge in [0.25, 0.3) is 5.91 Å². The number of aryl methyl sites for hydroxylation is 1. The average Bonchev–Trinajstić information content (AvgIpc) is 2.37. The Hall–Kier alpha value is -2.08. The van der Waals surface area contributed by atoms with E-state index in [4.69, 9.17) is 5.26 Å². The molecule has 0 aliphatic rings. The van der Waals surface area contributed by atoms with Crippen LogP contribution < -0.4 is 5.32 Å². The molecule has 18 heavy (non-hydrogen) atoms. The van der Waals surface area contributed by atoms with Crippen molar-refractivity contribution < 1.29 is 4.79 Å². The van der Waals surface area contributed by atoms with Gasteiger partial charge in [-0.2, -0.15) is 5.26 Å². The average molecular weight is 242 g/mol. The molecule has 0 aliphatic carbocycles. The van der Waals surface area contributed by atoms with Crippen LogP contribution in [-0.4, -0.2) is 11.9 Å². The molecule has 0 saturated heterocycles. The van der Waals surface area contributed by atoms with Crippen molar-refractivity contribution in [1.82, 2.24) is 5.32 Å². The molecule has 94 valence electrons. The molecule has 1 rings (SSSR count). The Morgan fingerprint density at radius 3 is 2.56 bits per heavy atom. The molecular weight excluding hydrogens is 224 g/mol. The van der Waals surface area contributed by atoms with Gasteiger partial charge in [-0.25, -0.2) is 0 Å². The Bertz CT molecular complexity index is 480. The number of hydrogen-bond donors (Lipinski definition) is 1. The van der Waals surface area contributed by atoms with Crippen LogP contribution in [-0.2, 0) is 4.79 Å². The normalized spacial score (nSPS) is 12.7. The minimum atomic E-state index is -0.313. The molecule has 0 saturated carbocycles. The number of carbonyl (C=O) groups excluding carboxylic acids is 1. The predicted molar refractivity (Wildman–Crippen MR) is 72.7 cm³/mol. The predicted octanol–water partition coefficient (Wildman–Crippen LogP) is 2.82. The zero-order valence-corrected chi connectivity index (χ0v) is 11.0.